The fourth-order valence-corrected chi connectivity index (χ4v) is 2.63. The molecule has 0 aliphatic rings. The van der Waals surface area contributed by atoms with Crippen LogP contribution < -0.4 is 10.1 Å². The average molecular weight is 377 g/mol. The number of benzene rings is 2. The van der Waals surface area contributed by atoms with E-state index in [2.05, 4.69) is 5.32 Å². The van der Waals surface area contributed by atoms with Gasteiger partial charge in [-0.1, -0.05) is 17.7 Å². The molecular weight excluding hydrogens is 356 g/mol. The predicted octanol–water partition coefficient (Wildman–Crippen LogP) is 4.97. The number of nitro groups is 1. The van der Waals surface area contributed by atoms with Gasteiger partial charge in [-0.15, -0.1) is 0 Å². The summed E-state index contributed by atoms with van der Waals surface area (Å²) < 4.78 is 5.66. The molecule has 2 aromatic rings. The van der Waals surface area contributed by atoms with E-state index < -0.39 is 4.92 Å². The molecule has 0 aliphatic heterocycles. The van der Waals surface area contributed by atoms with Crippen LogP contribution in [0, 0.1) is 30.9 Å². The van der Waals surface area contributed by atoms with Gasteiger partial charge < -0.3 is 10.1 Å². The lowest BCUT2D eigenvalue weighted by molar-refractivity contribution is -0.385. The van der Waals surface area contributed by atoms with Gasteiger partial charge in [0.25, 0.3) is 5.69 Å². The first-order valence-corrected chi connectivity index (χ1v) is 8.60. The van der Waals surface area contributed by atoms with Crippen molar-refractivity contribution in [3.8, 4) is 5.75 Å². The molecule has 6 nitrogen and oxygen atoms in total. The normalized spacial score (nSPS) is 10.5. The monoisotopic (exact) mass is 376 g/mol. The number of nitro benzene ring substituents is 1. The zero-order valence-electron chi connectivity index (χ0n) is 15.0. The molecule has 0 heterocycles. The second-order valence-electron chi connectivity index (χ2n) is 6.13. The molecule has 0 fully saturated rings. The molecule has 0 atom stereocenters. The molecule has 2 rings (SSSR count). The summed E-state index contributed by atoms with van der Waals surface area (Å²) in [6, 6.07) is 8.35. The fourth-order valence-electron chi connectivity index (χ4n) is 2.52. The molecule has 0 unspecified atom stereocenters. The quantitative estimate of drug-likeness (QED) is 0.420. The number of carbonyl (C=O) groups is 1. The van der Waals surface area contributed by atoms with Crippen LogP contribution in [0.4, 0.5) is 11.4 Å². The van der Waals surface area contributed by atoms with Gasteiger partial charge in [0.15, 0.2) is 0 Å². The summed E-state index contributed by atoms with van der Waals surface area (Å²) in [4.78, 5) is 22.5. The van der Waals surface area contributed by atoms with E-state index in [0.717, 1.165) is 21.9 Å². The Morgan fingerprint density at radius 3 is 2.42 bits per heavy atom. The Labute approximate surface area is 157 Å². The highest BCUT2D eigenvalue weighted by atomic mass is 35.5. The van der Waals surface area contributed by atoms with Gasteiger partial charge in [-0.25, -0.2) is 0 Å². The zero-order valence-corrected chi connectivity index (χ0v) is 15.7. The first-order chi connectivity index (χ1) is 12.3. The van der Waals surface area contributed by atoms with E-state index in [-0.39, 0.29) is 18.0 Å². The third-order valence-electron chi connectivity index (χ3n) is 3.92. The first kappa shape index (κ1) is 19.7. The Kier molecular flexibility index (Phi) is 6.58. The molecule has 0 radical (unpaired) electrons. The van der Waals surface area contributed by atoms with E-state index in [1.165, 1.54) is 6.07 Å². The molecule has 0 saturated heterocycles. The summed E-state index contributed by atoms with van der Waals surface area (Å²) in [5, 5.41) is 14.3. The van der Waals surface area contributed by atoms with Crippen LogP contribution in [0.1, 0.15) is 29.5 Å². The molecule has 1 N–H and O–H groups in total. The molecule has 0 aromatic heterocycles. The Bertz CT molecular complexity index is 813. The minimum atomic E-state index is -0.463. The lowest BCUT2D eigenvalue weighted by Gasteiger charge is -2.10. The molecular formula is C19H21ClN2O4. The first-order valence-electron chi connectivity index (χ1n) is 8.22. The summed E-state index contributed by atoms with van der Waals surface area (Å²) in [6.07, 6.45) is 0.785. The Balaban J connectivity index is 1.82. The van der Waals surface area contributed by atoms with Gasteiger partial charge in [0.1, 0.15) is 5.75 Å². The van der Waals surface area contributed by atoms with Gasteiger partial charge in [0.2, 0.25) is 5.91 Å². The van der Waals surface area contributed by atoms with Gasteiger partial charge in [0, 0.05) is 28.8 Å². The average Bonchev–Trinajstić information content (AvgIpc) is 2.58. The maximum atomic E-state index is 12.0. The Hall–Kier alpha value is -2.60. The summed E-state index contributed by atoms with van der Waals surface area (Å²) in [5.41, 5.74) is 2.84. The number of halogens is 1. The highest BCUT2D eigenvalue weighted by Gasteiger charge is 2.12. The van der Waals surface area contributed by atoms with Crippen molar-refractivity contribution in [2.45, 2.75) is 33.6 Å². The largest absolute Gasteiger partial charge is 0.494 e. The van der Waals surface area contributed by atoms with Gasteiger partial charge in [0.05, 0.1) is 11.5 Å². The summed E-state index contributed by atoms with van der Waals surface area (Å²) in [5.74, 6) is 0.509. The van der Waals surface area contributed by atoms with Crippen LogP contribution in [0.25, 0.3) is 0 Å². The topological polar surface area (TPSA) is 81.5 Å². The standard InChI is InChI=1S/C19H21ClN2O4/c1-12-6-7-15(11-17(12)22(24)25)21-18(23)5-4-8-26-16-9-13(2)19(20)14(3)10-16/h6-7,9-11H,4-5,8H2,1-3H3,(H,21,23). The molecule has 0 aliphatic carbocycles. The van der Waals surface area contributed by atoms with Gasteiger partial charge in [-0.05, 0) is 56.5 Å². The van der Waals surface area contributed by atoms with Crippen LogP contribution in [-0.2, 0) is 4.79 Å². The number of ether oxygens (including phenoxy) is 1. The number of hydrogen-bond donors (Lipinski definition) is 1. The van der Waals surface area contributed by atoms with E-state index in [0.29, 0.717) is 24.3 Å². The summed E-state index contributed by atoms with van der Waals surface area (Å²) in [7, 11) is 0. The molecule has 0 spiro atoms. The van der Waals surface area contributed by atoms with E-state index in [9.17, 15) is 14.9 Å². The lowest BCUT2D eigenvalue weighted by Crippen LogP contribution is -2.13. The van der Waals surface area contributed by atoms with Crippen molar-refractivity contribution in [1.82, 2.24) is 0 Å². The van der Waals surface area contributed by atoms with Crippen LogP contribution >= 0.6 is 11.6 Å². The molecule has 26 heavy (non-hydrogen) atoms. The third kappa shape index (κ3) is 5.20. The fraction of sp³-hybridized carbons (Fsp3) is 0.316. The van der Waals surface area contributed by atoms with E-state index in [4.69, 9.17) is 16.3 Å². The number of hydrogen-bond acceptors (Lipinski definition) is 4. The summed E-state index contributed by atoms with van der Waals surface area (Å²) in [6.45, 7) is 5.87. The van der Waals surface area contributed by atoms with Crippen LogP contribution in [0.2, 0.25) is 5.02 Å². The highest BCUT2D eigenvalue weighted by Crippen LogP contribution is 2.26. The number of carbonyl (C=O) groups excluding carboxylic acids is 1. The van der Waals surface area contributed by atoms with Crippen molar-refractivity contribution in [2.24, 2.45) is 0 Å². The Morgan fingerprint density at radius 2 is 1.81 bits per heavy atom. The van der Waals surface area contributed by atoms with Crippen LogP contribution in [-0.4, -0.2) is 17.4 Å². The smallest absolute Gasteiger partial charge is 0.274 e. The number of nitrogens with one attached hydrogen (secondary N) is 1. The van der Waals surface area contributed by atoms with Crippen molar-refractivity contribution in [3.05, 3.63) is 62.2 Å². The molecule has 0 saturated carbocycles. The molecule has 7 heteroatoms. The van der Waals surface area contributed by atoms with Gasteiger partial charge in [-0.2, -0.15) is 0 Å². The number of amides is 1. The Morgan fingerprint density at radius 1 is 1.15 bits per heavy atom. The molecule has 0 bridgehead atoms. The van der Waals surface area contributed by atoms with E-state index in [1.54, 1.807) is 19.1 Å². The maximum Gasteiger partial charge on any atom is 0.274 e. The van der Waals surface area contributed by atoms with Gasteiger partial charge >= 0.3 is 0 Å². The van der Waals surface area contributed by atoms with Crippen molar-refractivity contribution >= 4 is 28.9 Å². The van der Waals surface area contributed by atoms with Crippen LogP contribution in [0.5, 0.6) is 5.75 Å². The number of aryl methyl sites for hydroxylation is 3. The lowest BCUT2D eigenvalue weighted by atomic mass is 10.1. The number of anilines is 1. The highest BCUT2D eigenvalue weighted by molar-refractivity contribution is 6.32. The zero-order chi connectivity index (χ0) is 19.3. The van der Waals surface area contributed by atoms with Crippen molar-refractivity contribution in [2.75, 3.05) is 11.9 Å². The predicted molar refractivity (Wildman–Crippen MR) is 102 cm³/mol. The summed E-state index contributed by atoms with van der Waals surface area (Å²) >= 11 is 6.12. The SMILES string of the molecule is Cc1ccc(NC(=O)CCCOc2cc(C)c(Cl)c(C)c2)cc1[N+](=O)[O-]. The van der Waals surface area contributed by atoms with Crippen LogP contribution in [0.15, 0.2) is 30.3 Å². The molecule has 2 aromatic carbocycles. The second-order valence-corrected chi connectivity index (χ2v) is 6.51. The van der Waals surface area contributed by atoms with Crippen molar-refractivity contribution in [1.29, 1.82) is 0 Å². The molecule has 138 valence electrons. The maximum absolute atomic E-state index is 12.0. The second kappa shape index (κ2) is 8.67. The minimum Gasteiger partial charge on any atom is -0.494 e. The van der Waals surface area contributed by atoms with E-state index in [1.807, 2.05) is 26.0 Å². The number of rotatable bonds is 7. The molecule has 1 amide bonds. The minimum absolute atomic E-state index is 0.0142. The van der Waals surface area contributed by atoms with Gasteiger partial charge in [-0.3, -0.25) is 14.9 Å². The van der Waals surface area contributed by atoms with Crippen molar-refractivity contribution < 1.29 is 14.5 Å². The van der Waals surface area contributed by atoms with Crippen molar-refractivity contribution in [3.63, 3.8) is 0 Å². The van der Waals surface area contributed by atoms with Crippen LogP contribution in [0.3, 0.4) is 0 Å². The number of nitrogens with zero attached hydrogens (tertiary/aromatic N) is 1. The van der Waals surface area contributed by atoms with E-state index >= 15 is 0 Å². The third-order valence-corrected chi connectivity index (χ3v) is 4.51.